The van der Waals surface area contributed by atoms with Gasteiger partial charge in [0, 0.05) is 25.8 Å². The Labute approximate surface area is 171 Å². The Morgan fingerprint density at radius 2 is 1.36 bits per heavy atom. The second-order valence-corrected chi connectivity index (χ2v) is 7.89. The van der Waals surface area contributed by atoms with Gasteiger partial charge in [-0.15, -0.1) is 5.10 Å². The van der Waals surface area contributed by atoms with E-state index in [1.54, 1.807) is 0 Å². The molecule has 164 valence electrons. The van der Waals surface area contributed by atoms with Gasteiger partial charge < -0.3 is 18.9 Å². The molecule has 0 amide bonds. The van der Waals surface area contributed by atoms with E-state index in [0.29, 0.717) is 52.1 Å². The van der Waals surface area contributed by atoms with Gasteiger partial charge in [0.05, 0.1) is 51.9 Å². The van der Waals surface area contributed by atoms with Crippen LogP contribution in [-0.4, -0.2) is 67.8 Å². The van der Waals surface area contributed by atoms with Crippen molar-refractivity contribution in [2.45, 2.75) is 59.9 Å². The van der Waals surface area contributed by atoms with Crippen molar-refractivity contribution in [1.29, 1.82) is 0 Å². The van der Waals surface area contributed by atoms with Gasteiger partial charge in [-0.1, -0.05) is 32.9 Å². The number of hydrogen-bond donors (Lipinski definition) is 0. The van der Waals surface area contributed by atoms with E-state index < -0.39 is 0 Å². The summed E-state index contributed by atoms with van der Waals surface area (Å²) >= 11 is 0. The first-order valence-corrected chi connectivity index (χ1v) is 10.8. The van der Waals surface area contributed by atoms with Crippen LogP contribution < -0.4 is 0 Å². The average Bonchev–Trinajstić information content (AvgIpc) is 3.09. The summed E-state index contributed by atoms with van der Waals surface area (Å²) in [6.45, 7) is 15.0. The zero-order valence-corrected chi connectivity index (χ0v) is 18.4. The normalized spacial score (nSPS) is 11.8. The molecular weight excluding hydrogens is 358 g/mol. The molecule has 1 aromatic heterocycles. The van der Waals surface area contributed by atoms with Gasteiger partial charge >= 0.3 is 0 Å². The molecule has 0 aliphatic carbocycles. The largest absolute Gasteiger partial charge is 0.379 e. The first-order valence-electron chi connectivity index (χ1n) is 10.8. The second kappa shape index (κ2) is 16.9. The molecule has 0 unspecified atom stereocenters. The van der Waals surface area contributed by atoms with E-state index in [0.717, 1.165) is 44.1 Å². The highest BCUT2D eigenvalue weighted by molar-refractivity contribution is 4.92. The summed E-state index contributed by atoms with van der Waals surface area (Å²) in [5.74, 6) is 1.43. The van der Waals surface area contributed by atoms with E-state index in [4.69, 9.17) is 18.9 Å². The standard InChI is InChI=1S/C21H41N3O4/c1-19(2)6-5-10-25-14-17-28-13-9-24-18-21(22-23-24)8-12-27-16-15-26-11-7-20(3)4/h18-20H,5-17H2,1-4H3. The molecule has 0 saturated carbocycles. The maximum atomic E-state index is 5.58. The van der Waals surface area contributed by atoms with Gasteiger partial charge in [0.1, 0.15) is 0 Å². The number of nitrogens with zero attached hydrogens (tertiary/aromatic N) is 3. The van der Waals surface area contributed by atoms with Crippen molar-refractivity contribution >= 4 is 0 Å². The number of aromatic nitrogens is 3. The van der Waals surface area contributed by atoms with E-state index >= 15 is 0 Å². The topological polar surface area (TPSA) is 67.6 Å². The van der Waals surface area contributed by atoms with Crippen LogP contribution in [0.1, 0.15) is 52.7 Å². The summed E-state index contributed by atoms with van der Waals surface area (Å²) in [5, 5.41) is 8.29. The lowest BCUT2D eigenvalue weighted by Gasteiger charge is -2.07. The van der Waals surface area contributed by atoms with Crippen LogP contribution in [0.4, 0.5) is 0 Å². The van der Waals surface area contributed by atoms with E-state index in [9.17, 15) is 0 Å². The summed E-state index contributed by atoms with van der Waals surface area (Å²) in [5.41, 5.74) is 0.939. The van der Waals surface area contributed by atoms with Crippen LogP contribution in [0.5, 0.6) is 0 Å². The first-order chi connectivity index (χ1) is 13.6. The van der Waals surface area contributed by atoms with Gasteiger partial charge in [-0.25, -0.2) is 4.68 Å². The van der Waals surface area contributed by atoms with Crippen molar-refractivity contribution in [3.63, 3.8) is 0 Å². The van der Waals surface area contributed by atoms with Crippen LogP contribution in [-0.2, 0) is 31.9 Å². The van der Waals surface area contributed by atoms with Crippen LogP contribution in [0.2, 0.25) is 0 Å². The fourth-order valence-electron chi connectivity index (χ4n) is 2.45. The molecule has 0 fully saturated rings. The van der Waals surface area contributed by atoms with Crippen molar-refractivity contribution < 1.29 is 18.9 Å². The van der Waals surface area contributed by atoms with Crippen molar-refractivity contribution in [2.24, 2.45) is 11.8 Å². The number of hydrogen-bond acceptors (Lipinski definition) is 6. The minimum Gasteiger partial charge on any atom is -0.379 e. The second-order valence-electron chi connectivity index (χ2n) is 7.89. The highest BCUT2D eigenvalue weighted by atomic mass is 16.5. The maximum Gasteiger partial charge on any atom is 0.0850 e. The van der Waals surface area contributed by atoms with Gasteiger partial charge in [-0.3, -0.25) is 0 Å². The quantitative estimate of drug-likeness (QED) is 0.332. The lowest BCUT2D eigenvalue weighted by molar-refractivity contribution is 0.0419. The summed E-state index contributed by atoms with van der Waals surface area (Å²) in [7, 11) is 0. The maximum absolute atomic E-state index is 5.58. The molecule has 7 nitrogen and oxygen atoms in total. The predicted octanol–water partition coefficient (Wildman–Crippen LogP) is 3.37. The molecule has 0 saturated heterocycles. The smallest absolute Gasteiger partial charge is 0.0850 e. The first kappa shape index (κ1) is 25.0. The Hall–Kier alpha value is -1.02. The minimum absolute atomic E-state index is 0.613. The lowest BCUT2D eigenvalue weighted by Crippen LogP contribution is -2.11. The third-order valence-corrected chi connectivity index (χ3v) is 4.21. The summed E-state index contributed by atoms with van der Waals surface area (Å²) in [6.07, 6.45) is 6.14. The third-order valence-electron chi connectivity index (χ3n) is 4.21. The molecule has 0 aliphatic rings. The Balaban J connectivity index is 1.92. The molecular formula is C21H41N3O4. The molecule has 0 aliphatic heterocycles. The van der Waals surface area contributed by atoms with Gasteiger partial charge in [-0.2, -0.15) is 0 Å². The van der Waals surface area contributed by atoms with Crippen LogP contribution >= 0.6 is 0 Å². The van der Waals surface area contributed by atoms with E-state index in [2.05, 4.69) is 38.0 Å². The molecule has 7 heteroatoms. The third kappa shape index (κ3) is 15.0. The summed E-state index contributed by atoms with van der Waals surface area (Å²) < 4.78 is 24.1. The summed E-state index contributed by atoms with van der Waals surface area (Å²) in [4.78, 5) is 0. The summed E-state index contributed by atoms with van der Waals surface area (Å²) in [6, 6.07) is 0. The van der Waals surface area contributed by atoms with E-state index in [-0.39, 0.29) is 0 Å². The predicted molar refractivity (Wildman–Crippen MR) is 111 cm³/mol. The highest BCUT2D eigenvalue weighted by Gasteiger charge is 2.02. The number of rotatable bonds is 19. The van der Waals surface area contributed by atoms with Crippen LogP contribution in [0, 0.1) is 11.8 Å². The van der Waals surface area contributed by atoms with E-state index in [1.165, 1.54) is 6.42 Å². The van der Waals surface area contributed by atoms with Crippen molar-refractivity contribution in [3.05, 3.63) is 11.9 Å². The molecule has 0 N–H and O–H groups in total. The fraction of sp³-hybridized carbons (Fsp3) is 0.905. The Kier molecular flexibility index (Phi) is 15.1. The van der Waals surface area contributed by atoms with Gasteiger partial charge in [0.25, 0.3) is 0 Å². The fourth-order valence-corrected chi connectivity index (χ4v) is 2.45. The Bertz CT molecular complexity index is 466. The molecule has 1 heterocycles. The lowest BCUT2D eigenvalue weighted by atomic mass is 10.1. The Morgan fingerprint density at radius 1 is 0.750 bits per heavy atom. The molecule has 0 spiro atoms. The van der Waals surface area contributed by atoms with Gasteiger partial charge in [-0.05, 0) is 31.1 Å². The molecule has 0 atom stereocenters. The van der Waals surface area contributed by atoms with Crippen molar-refractivity contribution in [2.75, 3.05) is 52.9 Å². The van der Waals surface area contributed by atoms with E-state index in [1.807, 2.05) is 10.9 Å². The van der Waals surface area contributed by atoms with Crippen molar-refractivity contribution in [1.82, 2.24) is 15.0 Å². The molecule has 0 aromatic carbocycles. The minimum atomic E-state index is 0.613. The highest BCUT2D eigenvalue weighted by Crippen LogP contribution is 2.03. The van der Waals surface area contributed by atoms with Gasteiger partial charge in [0.15, 0.2) is 0 Å². The molecule has 1 rings (SSSR count). The zero-order chi connectivity index (χ0) is 20.5. The molecule has 0 bridgehead atoms. The molecule has 28 heavy (non-hydrogen) atoms. The van der Waals surface area contributed by atoms with Crippen molar-refractivity contribution in [3.8, 4) is 0 Å². The zero-order valence-electron chi connectivity index (χ0n) is 18.4. The van der Waals surface area contributed by atoms with Crippen LogP contribution in [0.25, 0.3) is 0 Å². The van der Waals surface area contributed by atoms with Gasteiger partial charge in [0.2, 0.25) is 0 Å². The molecule has 0 radical (unpaired) electrons. The Morgan fingerprint density at radius 3 is 2.04 bits per heavy atom. The molecule has 1 aromatic rings. The monoisotopic (exact) mass is 399 g/mol. The van der Waals surface area contributed by atoms with Crippen LogP contribution in [0.3, 0.4) is 0 Å². The average molecular weight is 400 g/mol. The number of ether oxygens (including phenoxy) is 4. The SMILES string of the molecule is CC(C)CCCOCCOCCn1cc(CCOCCOCCC(C)C)nn1. The van der Waals surface area contributed by atoms with Crippen LogP contribution in [0.15, 0.2) is 6.20 Å².